The summed E-state index contributed by atoms with van der Waals surface area (Å²) in [4.78, 5) is 34.3. The number of hydrogen-bond donors (Lipinski definition) is 0. The number of rotatable bonds is 4. The molecule has 2 aliphatic carbocycles. The molecule has 1 aliphatic heterocycles. The largest absolute Gasteiger partial charge is 0.339 e. The SMILES string of the molecule is CC(C)n1ncc2c(C(=O)N3CCN(C(=O)C4CC4)CC3)cc(C3CC3)nc21. The summed E-state index contributed by atoms with van der Waals surface area (Å²) in [6, 6.07) is 2.18. The van der Waals surface area contributed by atoms with E-state index in [1.165, 1.54) is 0 Å². The van der Waals surface area contributed by atoms with E-state index in [0.29, 0.717) is 37.7 Å². The lowest BCUT2D eigenvalue weighted by molar-refractivity contribution is -0.134. The van der Waals surface area contributed by atoms with Crippen molar-refractivity contribution in [3.63, 3.8) is 0 Å². The van der Waals surface area contributed by atoms with Crippen LogP contribution in [-0.4, -0.2) is 62.6 Å². The van der Waals surface area contributed by atoms with Gasteiger partial charge in [0.15, 0.2) is 5.65 Å². The molecule has 0 aromatic carbocycles. The van der Waals surface area contributed by atoms with Gasteiger partial charge >= 0.3 is 0 Å². The Morgan fingerprint density at radius 3 is 2.32 bits per heavy atom. The van der Waals surface area contributed by atoms with Crippen molar-refractivity contribution >= 4 is 22.8 Å². The summed E-state index contributed by atoms with van der Waals surface area (Å²) in [6.07, 6.45) is 6.11. The third kappa shape index (κ3) is 3.06. The van der Waals surface area contributed by atoms with Gasteiger partial charge in [-0.3, -0.25) is 9.59 Å². The maximum absolute atomic E-state index is 13.4. The second kappa shape index (κ2) is 6.57. The number of amides is 2. The topological polar surface area (TPSA) is 71.3 Å². The van der Waals surface area contributed by atoms with Gasteiger partial charge in [-0.2, -0.15) is 5.10 Å². The molecule has 0 atom stereocenters. The number of pyridine rings is 1. The van der Waals surface area contributed by atoms with Crippen LogP contribution in [0.15, 0.2) is 12.3 Å². The molecule has 0 spiro atoms. The number of carbonyl (C=O) groups is 2. The van der Waals surface area contributed by atoms with Crippen molar-refractivity contribution in [3.8, 4) is 0 Å². The van der Waals surface area contributed by atoms with Gasteiger partial charge in [0, 0.05) is 49.8 Å². The molecule has 7 nitrogen and oxygen atoms in total. The van der Waals surface area contributed by atoms with Gasteiger partial charge in [-0.1, -0.05) is 0 Å². The zero-order chi connectivity index (χ0) is 19.4. The van der Waals surface area contributed by atoms with Crippen molar-refractivity contribution in [2.45, 2.75) is 51.5 Å². The monoisotopic (exact) mass is 381 g/mol. The van der Waals surface area contributed by atoms with Crippen molar-refractivity contribution < 1.29 is 9.59 Å². The van der Waals surface area contributed by atoms with Crippen molar-refractivity contribution in [3.05, 3.63) is 23.5 Å². The first-order chi connectivity index (χ1) is 13.5. The second-order valence-corrected chi connectivity index (χ2v) is 8.68. The molecule has 0 radical (unpaired) electrons. The summed E-state index contributed by atoms with van der Waals surface area (Å²) < 4.78 is 1.91. The minimum atomic E-state index is 0.0381. The van der Waals surface area contributed by atoms with Crippen LogP contribution in [0.1, 0.15) is 67.5 Å². The van der Waals surface area contributed by atoms with Gasteiger partial charge in [-0.25, -0.2) is 9.67 Å². The van der Waals surface area contributed by atoms with Crippen LogP contribution in [0.2, 0.25) is 0 Å². The van der Waals surface area contributed by atoms with Gasteiger partial charge in [-0.05, 0) is 45.6 Å². The van der Waals surface area contributed by atoms with Gasteiger partial charge < -0.3 is 9.80 Å². The first kappa shape index (κ1) is 17.6. The molecule has 5 rings (SSSR count). The Balaban J connectivity index is 1.42. The highest BCUT2D eigenvalue weighted by Gasteiger charge is 2.36. The minimum Gasteiger partial charge on any atom is -0.339 e. The zero-order valence-electron chi connectivity index (χ0n) is 16.6. The average Bonchev–Trinajstić information content (AvgIpc) is 3.62. The van der Waals surface area contributed by atoms with Crippen LogP contribution < -0.4 is 0 Å². The Kier molecular flexibility index (Phi) is 4.14. The molecule has 2 aromatic rings. The highest BCUT2D eigenvalue weighted by molar-refractivity contribution is 6.05. The van der Waals surface area contributed by atoms with Crippen LogP contribution >= 0.6 is 0 Å². The lowest BCUT2D eigenvalue weighted by atomic mass is 10.1. The molecule has 28 heavy (non-hydrogen) atoms. The van der Waals surface area contributed by atoms with Crippen LogP contribution in [0, 0.1) is 5.92 Å². The number of piperazine rings is 1. The van der Waals surface area contributed by atoms with Gasteiger partial charge in [0.1, 0.15) is 0 Å². The fraction of sp³-hybridized carbons (Fsp3) is 0.619. The first-order valence-electron chi connectivity index (χ1n) is 10.5. The molecule has 148 valence electrons. The van der Waals surface area contributed by atoms with Gasteiger partial charge in [0.2, 0.25) is 5.91 Å². The molecule has 7 heteroatoms. The van der Waals surface area contributed by atoms with E-state index in [0.717, 1.165) is 42.4 Å². The summed E-state index contributed by atoms with van der Waals surface area (Å²) in [7, 11) is 0. The zero-order valence-corrected chi connectivity index (χ0v) is 16.6. The van der Waals surface area contributed by atoms with Crippen LogP contribution in [0.5, 0.6) is 0 Å². The van der Waals surface area contributed by atoms with Crippen molar-refractivity contribution in [2.24, 2.45) is 5.92 Å². The van der Waals surface area contributed by atoms with Crippen molar-refractivity contribution in [1.29, 1.82) is 0 Å². The normalized spacial score (nSPS) is 20.2. The number of carbonyl (C=O) groups excluding carboxylic acids is 2. The molecule has 1 saturated heterocycles. The van der Waals surface area contributed by atoms with Crippen LogP contribution in [0.25, 0.3) is 11.0 Å². The molecule has 0 N–H and O–H groups in total. The standard InChI is InChI=1S/C21H27N5O2/c1-13(2)26-19-17(12-22-26)16(11-18(23-19)14-3-4-14)21(28)25-9-7-24(8-10-25)20(27)15-5-6-15/h11-15H,3-10H2,1-2H3. The molecule has 2 saturated carbocycles. The second-order valence-electron chi connectivity index (χ2n) is 8.68. The van der Waals surface area contributed by atoms with Crippen LogP contribution in [0.3, 0.4) is 0 Å². The number of aromatic nitrogens is 3. The quantitative estimate of drug-likeness (QED) is 0.816. The summed E-state index contributed by atoms with van der Waals surface area (Å²) in [5.74, 6) is 1.02. The number of fused-ring (bicyclic) bond motifs is 1. The van der Waals surface area contributed by atoms with E-state index >= 15 is 0 Å². The van der Waals surface area contributed by atoms with Gasteiger partial charge in [0.25, 0.3) is 5.91 Å². The Bertz CT molecular complexity index is 934. The van der Waals surface area contributed by atoms with E-state index in [1.807, 2.05) is 20.5 Å². The Morgan fingerprint density at radius 1 is 1.04 bits per heavy atom. The van der Waals surface area contributed by atoms with E-state index in [9.17, 15) is 9.59 Å². The highest BCUT2D eigenvalue weighted by Crippen LogP contribution is 2.40. The van der Waals surface area contributed by atoms with E-state index in [4.69, 9.17) is 4.98 Å². The lowest BCUT2D eigenvalue weighted by Crippen LogP contribution is -2.51. The van der Waals surface area contributed by atoms with Gasteiger partial charge in [-0.15, -0.1) is 0 Å². The molecule has 2 aromatic heterocycles. The summed E-state index contributed by atoms with van der Waals surface area (Å²) >= 11 is 0. The molecule has 0 unspecified atom stereocenters. The highest BCUT2D eigenvalue weighted by atomic mass is 16.2. The molecular formula is C21H27N5O2. The first-order valence-corrected chi connectivity index (χ1v) is 10.5. The number of nitrogens with zero attached hydrogens (tertiary/aromatic N) is 5. The predicted octanol–water partition coefficient (Wildman–Crippen LogP) is 2.58. The number of hydrogen-bond acceptors (Lipinski definition) is 4. The Morgan fingerprint density at radius 2 is 1.71 bits per heavy atom. The van der Waals surface area contributed by atoms with Crippen LogP contribution in [-0.2, 0) is 4.79 Å². The van der Waals surface area contributed by atoms with Crippen LogP contribution in [0.4, 0.5) is 0 Å². The molecule has 0 bridgehead atoms. The summed E-state index contributed by atoms with van der Waals surface area (Å²) in [5, 5.41) is 5.33. The molecular weight excluding hydrogens is 354 g/mol. The Hall–Kier alpha value is -2.44. The third-order valence-corrected chi connectivity index (χ3v) is 6.11. The maximum Gasteiger partial charge on any atom is 0.254 e. The van der Waals surface area contributed by atoms with Crippen molar-refractivity contribution in [2.75, 3.05) is 26.2 Å². The lowest BCUT2D eigenvalue weighted by Gasteiger charge is -2.35. The predicted molar refractivity (Wildman–Crippen MR) is 105 cm³/mol. The minimum absolute atomic E-state index is 0.0381. The van der Waals surface area contributed by atoms with E-state index in [1.54, 1.807) is 6.20 Å². The Labute approximate surface area is 164 Å². The third-order valence-electron chi connectivity index (χ3n) is 6.11. The molecule has 3 heterocycles. The summed E-state index contributed by atoms with van der Waals surface area (Å²) in [6.45, 7) is 6.62. The van der Waals surface area contributed by atoms with Gasteiger partial charge in [0.05, 0.1) is 17.1 Å². The van der Waals surface area contributed by atoms with E-state index < -0.39 is 0 Å². The smallest absolute Gasteiger partial charge is 0.254 e. The molecule has 3 aliphatic rings. The average molecular weight is 381 g/mol. The fourth-order valence-corrected chi connectivity index (χ4v) is 4.07. The summed E-state index contributed by atoms with van der Waals surface area (Å²) in [5.41, 5.74) is 2.53. The van der Waals surface area contributed by atoms with E-state index in [2.05, 4.69) is 18.9 Å². The molecule has 3 fully saturated rings. The molecule has 2 amide bonds. The fourth-order valence-electron chi connectivity index (χ4n) is 4.07. The maximum atomic E-state index is 13.4. The van der Waals surface area contributed by atoms with E-state index in [-0.39, 0.29) is 23.8 Å². The van der Waals surface area contributed by atoms with Crippen molar-refractivity contribution in [1.82, 2.24) is 24.6 Å².